The molecule has 1 N–H and O–H groups in total. The van der Waals surface area contributed by atoms with Crippen LogP contribution in [0.3, 0.4) is 0 Å². The van der Waals surface area contributed by atoms with Crippen LogP contribution in [0.2, 0.25) is 0 Å². The highest BCUT2D eigenvalue weighted by molar-refractivity contribution is 5.77. The monoisotopic (exact) mass is 270 g/mol. The van der Waals surface area contributed by atoms with E-state index in [1.165, 1.54) is 12.8 Å². The maximum absolute atomic E-state index is 11.4. The molecule has 0 unspecified atom stereocenters. The van der Waals surface area contributed by atoms with Gasteiger partial charge in [-0.3, -0.25) is 4.79 Å². The predicted octanol–water partition coefficient (Wildman–Crippen LogP) is 1.90. The molecule has 0 saturated carbocycles. The van der Waals surface area contributed by atoms with Crippen LogP contribution in [-0.4, -0.2) is 49.7 Å². The third kappa shape index (κ3) is 6.92. The molecule has 0 radical (unpaired) electrons. The molecule has 1 heterocycles. The van der Waals surface area contributed by atoms with Crippen LogP contribution < -0.4 is 5.32 Å². The molecule has 1 fully saturated rings. The number of nitrogens with zero attached hydrogens (tertiary/aromatic N) is 1. The Labute approximate surface area is 117 Å². The molecule has 0 aromatic rings. The SMILES string of the molecule is CC(C)OCC1CCN(CCNC(=O)C(C)C)CC1. The van der Waals surface area contributed by atoms with Crippen molar-refractivity contribution in [1.29, 1.82) is 0 Å². The molecule has 1 amide bonds. The Morgan fingerprint density at radius 3 is 2.42 bits per heavy atom. The predicted molar refractivity (Wildman–Crippen MR) is 78.1 cm³/mol. The Morgan fingerprint density at radius 1 is 1.26 bits per heavy atom. The highest BCUT2D eigenvalue weighted by Gasteiger charge is 2.19. The smallest absolute Gasteiger partial charge is 0.222 e. The molecular weight excluding hydrogens is 240 g/mol. The van der Waals surface area contributed by atoms with Gasteiger partial charge in [0.15, 0.2) is 0 Å². The zero-order valence-electron chi connectivity index (χ0n) is 12.9. The molecule has 0 aromatic carbocycles. The van der Waals surface area contributed by atoms with Gasteiger partial charge in [-0.25, -0.2) is 0 Å². The first kappa shape index (κ1) is 16.4. The fourth-order valence-electron chi connectivity index (χ4n) is 2.25. The first-order valence-corrected chi connectivity index (χ1v) is 7.60. The average Bonchev–Trinajstić information content (AvgIpc) is 2.37. The van der Waals surface area contributed by atoms with Crippen molar-refractivity contribution in [3.63, 3.8) is 0 Å². The number of carbonyl (C=O) groups excluding carboxylic acids is 1. The number of hydrogen-bond acceptors (Lipinski definition) is 3. The molecule has 0 bridgehead atoms. The summed E-state index contributed by atoms with van der Waals surface area (Å²) in [5.41, 5.74) is 0. The number of amides is 1. The van der Waals surface area contributed by atoms with E-state index in [9.17, 15) is 4.79 Å². The number of nitrogens with one attached hydrogen (secondary N) is 1. The number of carbonyl (C=O) groups is 1. The van der Waals surface area contributed by atoms with Gasteiger partial charge < -0.3 is 15.0 Å². The Morgan fingerprint density at radius 2 is 1.89 bits per heavy atom. The van der Waals surface area contributed by atoms with Gasteiger partial charge in [0.25, 0.3) is 0 Å². The summed E-state index contributed by atoms with van der Waals surface area (Å²) in [7, 11) is 0. The minimum Gasteiger partial charge on any atom is -0.379 e. The minimum atomic E-state index is 0.0823. The topological polar surface area (TPSA) is 41.6 Å². The van der Waals surface area contributed by atoms with Crippen molar-refractivity contribution in [2.45, 2.75) is 46.6 Å². The average molecular weight is 270 g/mol. The lowest BCUT2D eigenvalue weighted by molar-refractivity contribution is -0.124. The van der Waals surface area contributed by atoms with E-state index in [2.05, 4.69) is 24.1 Å². The minimum absolute atomic E-state index is 0.0823. The fraction of sp³-hybridized carbons (Fsp3) is 0.933. The zero-order chi connectivity index (χ0) is 14.3. The largest absolute Gasteiger partial charge is 0.379 e. The Kier molecular flexibility index (Phi) is 7.39. The second kappa shape index (κ2) is 8.54. The van der Waals surface area contributed by atoms with Crippen LogP contribution >= 0.6 is 0 Å². The van der Waals surface area contributed by atoms with Gasteiger partial charge in [0, 0.05) is 25.6 Å². The summed E-state index contributed by atoms with van der Waals surface area (Å²) in [4.78, 5) is 13.9. The van der Waals surface area contributed by atoms with Gasteiger partial charge in [-0.05, 0) is 45.7 Å². The van der Waals surface area contributed by atoms with E-state index in [0.29, 0.717) is 12.0 Å². The first-order valence-electron chi connectivity index (χ1n) is 7.60. The highest BCUT2D eigenvalue weighted by Crippen LogP contribution is 2.17. The van der Waals surface area contributed by atoms with Crippen LogP contribution in [-0.2, 0) is 9.53 Å². The number of piperidine rings is 1. The molecule has 1 aliphatic rings. The summed E-state index contributed by atoms with van der Waals surface area (Å²) in [6, 6.07) is 0. The standard InChI is InChI=1S/C15H30N2O2/c1-12(2)15(18)16-7-10-17-8-5-14(6-9-17)11-19-13(3)4/h12-14H,5-11H2,1-4H3,(H,16,18). The second-order valence-corrected chi connectivity index (χ2v) is 6.11. The molecule has 4 nitrogen and oxygen atoms in total. The van der Waals surface area contributed by atoms with E-state index < -0.39 is 0 Å². The third-order valence-corrected chi connectivity index (χ3v) is 3.62. The van der Waals surface area contributed by atoms with E-state index in [0.717, 1.165) is 32.8 Å². The summed E-state index contributed by atoms with van der Waals surface area (Å²) >= 11 is 0. The summed E-state index contributed by atoms with van der Waals surface area (Å²) in [6.45, 7) is 12.9. The summed E-state index contributed by atoms with van der Waals surface area (Å²) < 4.78 is 5.68. The summed E-state index contributed by atoms with van der Waals surface area (Å²) in [5.74, 6) is 0.947. The van der Waals surface area contributed by atoms with Gasteiger partial charge in [-0.1, -0.05) is 13.8 Å². The van der Waals surface area contributed by atoms with Gasteiger partial charge in [-0.2, -0.15) is 0 Å². The molecule has 112 valence electrons. The maximum Gasteiger partial charge on any atom is 0.222 e. The van der Waals surface area contributed by atoms with Crippen LogP contribution in [0.15, 0.2) is 0 Å². The van der Waals surface area contributed by atoms with Crippen LogP contribution in [0.1, 0.15) is 40.5 Å². The third-order valence-electron chi connectivity index (χ3n) is 3.62. The van der Waals surface area contributed by atoms with Crippen molar-refractivity contribution in [3.8, 4) is 0 Å². The van der Waals surface area contributed by atoms with Gasteiger partial charge in [0.2, 0.25) is 5.91 Å². The second-order valence-electron chi connectivity index (χ2n) is 6.11. The Balaban J connectivity index is 2.08. The van der Waals surface area contributed by atoms with E-state index in [1.54, 1.807) is 0 Å². The highest BCUT2D eigenvalue weighted by atomic mass is 16.5. The number of likely N-dealkylation sites (tertiary alicyclic amines) is 1. The van der Waals surface area contributed by atoms with E-state index in [1.807, 2.05) is 13.8 Å². The van der Waals surface area contributed by atoms with Crippen molar-refractivity contribution in [2.24, 2.45) is 11.8 Å². The summed E-state index contributed by atoms with van der Waals surface area (Å²) in [6.07, 6.45) is 2.76. The van der Waals surface area contributed by atoms with Crippen molar-refractivity contribution >= 4 is 5.91 Å². The van der Waals surface area contributed by atoms with Crippen molar-refractivity contribution in [1.82, 2.24) is 10.2 Å². The lowest BCUT2D eigenvalue weighted by Gasteiger charge is -2.32. The number of hydrogen-bond donors (Lipinski definition) is 1. The van der Waals surface area contributed by atoms with Gasteiger partial charge in [-0.15, -0.1) is 0 Å². The molecular formula is C15H30N2O2. The van der Waals surface area contributed by atoms with Crippen molar-refractivity contribution in [2.75, 3.05) is 32.8 Å². The van der Waals surface area contributed by atoms with Crippen LogP contribution in [0.25, 0.3) is 0 Å². The molecule has 0 spiro atoms. The van der Waals surface area contributed by atoms with Crippen molar-refractivity contribution in [3.05, 3.63) is 0 Å². The van der Waals surface area contributed by atoms with Crippen LogP contribution in [0.4, 0.5) is 0 Å². The van der Waals surface area contributed by atoms with E-state index in [4.69, 9.17) is 4.74 Å². The lowest BCUT2D eigenvalue weighted by Crippen LogP contribution is -2.41. The normalized spacial score (nSPS) is 18.2. The lowest BCUT2D eigenvalue weighted by atomic mass is 9.98. The Bertz CT molecular complexity index is 259. The van der Waals surface area contributed by atoms with Gasteiger partial charge in [0.1, 0.15) is 0 Å². The zero-order valence-corrected chi connectivity index (χ0v) is 12.9. The van der Waals surface area contributed by atoms with Gasteiger partial charge in [0.05, 0.1) is 6.10 Å². The van der Waals surface area contributed by atoms with Crippen LogP contribution in [0.5, 0.6) is 0 Å². The fourth-order valence-corrected chi connectivity index (χ4v) is 2.25. The van der Waals surface area contributed by atoms with E-state index in [-0.39, 0.29) is 11.8 Å². The maximum atomic E-state index is 11.4. The molecule has 1 saturated heterocycles. The molecule has 0 aliphatic carbocycles. The molecule has 1 aliphatic heterocycles. The number of ether oxygens (including phenoxy) is 1. The van der Waals surface area contributed by atoms with E-state index >= 15 is 0 Å². The van der Waals surface area contributed by atoms with Crippen molar-refractivity contribution < 1.29 is 9.53 Å². The molecule has 0 aromatic heterocycles. The summed E-state index contributed by atoms with van der Waals surface area (Å²) in [5, 5.41) is 2.98. The molecule has 0 atom stereocenters. The molecule has 1 rings (SSSR count). The molecule has 19 heavy (non-hydrogen) atoms. The van der Waals surface area contributed by atoms with Crippen LogP contribution in [0, 0.1) is 11.8 Å². The Hall–Kier alpha value is -0.610. The first-order chi connectivity index (χ1) is 8.99. The number of rotatable bonds is 7. The molecule has 4 heteroatoms. The van der Waals surface area contributed by atoms with Gasteiger partial charge >= 0.3 is 0 Å². The quantitative estimate of drug-likeness (QED) is 0.768.